The molecule has 0 aliphatic heterocycles. The lowest BCUT2D eigenvalue weighted by Gasteiger charge is -2.16. The first kappa shape index (κ1) is 17.3. The van der Waals surface area contributed by atoms with Crippen LogP contribution in [0.15, 0.2) is 28.8 Å². The fourth-order valence-corrected chi connectivity index (χ4v) is 1.91. The lowest BCUT2D eigenvalue weighted by Crippen LogP contribution is -2.30. The number of amides is 1. The van der Waals surface area contributed by atoms with Crippen molar-refractivity contribution in [1.29, 1.82) is 0 Å². The molecule has 1 aromatic carbocycles. The van der Waals surface area contributed by atoms with Crippen LogP contribution in [0.2, 0.25) is 0 Å². The molecule has 0 fully saturated rings. The Balaban J connectivity index is 2.08. The van der Waals surface area contributed by atoms with Crippen LogP contribution in [0.1, 0.15) is 23.0 Å². The summed E-state index contributed by atoms with van der Waals surface area (Å²) in [5.74, 6) is 0.633. The molecule has 128 valence electrons. The van der Waals surface area contributed by atoms with Crippen LogP contribution in [0.3, 0.4) is 0 Å². The van der Waals surface area contributed by atoms with Crippen LogP contribution in [0, 0.1) is 6.92 Å². The maximum absolute atomic E-state index is 12.1. The lowest BCUT2D eigenvalue weighted by atomic mass is 10.2. The average molecular weight is 334 g/mol. The highest BCUT2D eigenvalue weighted by atomic mass is 16.5. The summed E-state index contributed by atoms with van der Waals surface area (Å²) < 4.78 is 20.3. The lowest BCUT2D eigenvalue weighted by molar-refractivity contribution is -0.122. The molecule has 0 aliphatic carbocycles. The molecule has 1 heterocycles. The summed E-state index contributed by atoms with van der Waals surface area (Å²) in [5, 5.41) is 6.26. The van der Waals surface area contributed by atoms with Gasteiger partial charge in [-0.3, -0.25) is 4.79 Å². The highest BCUT2D eigenvalue weighted by molar-refractivity contribution is 5.93. The van der Waals surface area contributed by atoms with Gasteiger partial charge in [0.2, 0.25) is 0 Å². The van der Waals surface area contributed by atoms with E-state index in [0.29, 0.717) is 28.6 Å². The van der Waals surface area contributed by atoms with Gasteiger partial charge in [0.1, 0.15) is 5.76 Å². The largest absolute Gasteiger partial charge is 0.493 e. The first-order valence-corrected chi connectivity index (χ1v) is 7.11. The number of nitrogens with one attached hydrogen (secondary N) is 1. The molecule has 0 radical (unpaired) electrons. The second kappa shape index (κ2) is 7.49. The van der Waals surface area contributed by atoms with E-state index < -0.39 is 18.0 Å². The van der Waals surface area contributed by atoms with Crippen LogP contribution >= 0.6 is 0 Å². The number of hydrogen-bond donors (Lipinski definition) is 1. The van der Waals surface area contributed by atoms with Crippen molar-refractivity contribution in [3.63, 3.8) is 0 Å². The van der Waals surface area contributed by atoms with E-state index in [1.807, 2.05) is 0 Å². The number of hydrogen-bond acceptors (Lipinski definition) is 7. The van der Waals surface area contributed by atoms with Crippen molar-refractivity contribution in [2.24, 2.45) is 0 Å². The van der Waals surface area contributed by atoms with Crippen molar-refractivity contribution in [3.05, 3.63) is 35.6 Å². The summed E-state index contributed by atoms with van der Waals surface area (Å²) in [7, 11) is 2.73. The number of rotatable bonds is 6. The van der Waals surface area contributed by atoms with Crippen LogP contribution < -0.4 is 14.8 Å². The van der Waals surface area contributed by atoms with Gasteiger partial charge in [0.05, 0.1) is 19.8 Å². The van der Waals surface area contributed by atoms with Gasteiger partial charge < -0.3 is 24.1 Å². The second-order valence-corrected chi connectivity index (χ2v) is 4.93. The second-order valence-electron chi connectivity index (χ2n) is 4.93. The van der Waals surface area contributed by atoms with E-state index in [0.717, 1.165) is 0 Å². The van der Waals surface area contributed by atoms with Crippen molar-refractivity contribution in [2.75, 3.05) is 19.5 Å². The molecule has 1 amide bonds. The minimum Gasteiger partial charge on any atom is -0.493 e. The van der Waals surface area contributed by atoms with Crippen molar-refractivity contribution < 1.29 is 28.3 Å². The molecule has 1 aromatic heterocycles. The van der Waals surface area contributed by atoms with E-state index >= 15 is 0 Å². The molecule has 0 spiro atoms. The number of aryl methyl sites for hydroxylation is 1. The van der Waals surface area contributed by atoms with Crippen LogP contribution in [-0.2, 0) is 9.53 Å². The number of aromatic nitrogens is 1. The average Bonchev–Trinajstić information content (AvgIpc) is 2.99. The molecule has 0 saturated heterocycles. The molecule has 0 aliphatic rings. The van der Waals surface area contributed by atoms with Gasteiger partial charge in [0.15, 0.2) is 23.4 Å². The first-order chi connectivity index (χ1) is 11.4. The predicted molar refractivity (Wildman–Crippen MR) is 84.3 cm³/mol. The number of esters is 1. The summed E-state index contributed by atoms with van der Waals surface area (Å²) in [4.78, 5) is 23.6. The van der Waals surface area contributed by atoms with E-state index in [9.17, 15) is 9.59 Å². The van der Waals surface area contributed by atoms with E-state index in [2.05, 4.69) is 15.2 Å². The molecule has 0 saturated carbocycles. The third kappa shape index (κ3) is 4.03. The Morgan fingerprint density at radius 1 is 1.21 bits per heavy atom. The van der Waals surface area contributed by atoms with Crippen molar-refractivity contribution >= 4 is 17.7 Å². The zero-order chi connectivity index (χ0) is 17.7. The van der Waals surface area contributed by atoms with E-state index in [-0.39, 0.29) is 0 Å². The first-order valence-electron chi connectivity index (χ1n) is 7.11. The number of carbonyl (C=O) groups is 2. The normalized spacial score (nSPS) is 11.5. The van der Waals surface area contributed by atoms with E-state index in [4.69, 9.17) is 14.0 Å². The smallest absolute Gasteiger partial charge is 0.337 e. The van der Waals surface area contributed by atoms with Crippen molar-refractivity contribution in [3.8, 4) is 11.5 Å². The highest BCUT2D eigenvalue weighted by Crippen LogP contribution is 2.29. The zero-order valence-corrected chi connectivity index (χ0v) is 13.8. The maximum Gasteiger partial charge on any atom is 0.337 e. The Hall–Kier alpha value is -3.03. The van der Waals surface area contributed by atoms with Gasteiger partial charge in [-0.15, -0.1) is 0 Å². The number of ether oxygens (including phenoxy) is 3. The minimum atomic E-state index is -0.820. The predicted octanol–water partition coefficient (Wildman–Crippen LogP) is 2.18. The Morgan fingerprint density at radius 3 is 2.54 bits per heavy atom. The molecule has 2 aromatic rings. The molecule has 1 atom stereocenters. The molecule has 1 N–H and O–H groups in total. The number of benzene rings is 1. The monoisotopic (exact) mass is 334 g/mol. The summed E-state index contributed by atoms with van der Waals surface area (Å²) >= 11 is 0. The molecule has 8 heteroatoms. The maximum atomic E-state index is 12.1. The third-order valence-electron chi connectivity index (χ3n) is 3.14. The van der Waals surface area contributed by atoms with Crippen molar-refractivity contribution in [1.82, 2.24) is 5.16 Å². The van der Waals surface area contributed by atoms with Gasteiger partial charge in [-0.1, -0.05) is 5.16 Å². The molecular formula is C16H18N2O6. The standard InChI is InChI=1S/C16H18N2O6/c1-9-7-14(18-24-9)17-15(19)10(2)23-12-6-5-11(16(20)22-4)8-13(12)21-3/h5-8,10H,1-4H3,(H,17,18,19). The summed E-state index contributed by atoms with van der Waals surface area (Å²) in [6, 6.07) is 6.13. The summed E-state index contributed by atoms with van der Waals surface area (Å²) in [6.45, 7) is 3.30. The van der Waals surface area contributed by atoms with Crippen molar-refractivity contribution in [2.45, 2.75) is 20.0 Å². The number of nitrogens with zero attached hydrogens (tertiary/aromatic N) is 1. The van der Waals surface area contributed by atoms with Crippen LogP contribution in [0.25, 0.3) is 0 Å². The Labute approximate surface area is 138 Å². The number of carbonyl (C=O) groups excluding carboxylic acids is 2. The SMILES string of the molecule is COC(=O)c1ccc(OC(C)C(=O)Nc2cc(C)on2)c(OC)c1. The fraction of sp³-hybridized carbons (Fsp3) is 0.312. The quantitative estimate of drug-likeness (QED) is 0.808. The fourth-order valence-electron chi connectivity index (χ4n) is 1.91. The molecule has 2 rings (SSSR count). The topological polar surface area (TPSA) is 99.9 Å². The molecular weight excluding hydrogens is 316 g/mol. The number of methoxy groups -OCH3 is 2. The highest BCUT2D eigenvalue weighted by Gasteiger charge is 2.19. The van der Waals surface area contributed by atoms with Gasteiger partial charge in [0, 0.05) is 6.07 Å². The summed E-state index contributed by atoms with van der Waals surface area (Å²) in [6.07, 6.45) is -0.820. The minimum absolute atomic E-state index is 0.306. The van der Waals surface area contributed by atoms with E-state index in [1.54, 1.807) is 19.9 Å². The Kier molecular flexibility index (Phi) is 5.41. The van der Waals surface area contributed by atoms with E-state index in [1.165, 1.54) is 32.4 Å². The van der Waals surface area contributed by atoms with Gasteiger partial charge in [-0.05, 0) is 32.0 Å². The Morgan fingerprint density at radius 2 is 1.96 bits per heavy atom. The van der Waals surface area contributed by atoms with Gasteiger partial charge in [-0.2, -0.15) is 0 Å². The summed E-state index contributed by atoms with van der Waals surface area (Å²) in [5.41, 5.74) is 0.317. The molecule has 8 nitrogen and oxygen atoms in total. The molecule has 24 heavy (non-hydrogen) atoms. The van der Waals surface area contributed by atoms with Crippen LogP contribution in [0.5, 0.6) is 11.5 Å². The van der Waals surface area contributed by atoms with Crippen LogP contribution in [0.4, 0.5) is 5.82 Å². The molecule has 0 bridgehead atoms. The van der Waals surface area contributed by atoms with Gasteiger partial charge >= 0.3 is 5.97 Å². The number of anilines is 1. The Bertz CT molecular complexity index is 740. The zero-order valence-electron chi connectivity index (χ0n) is 13.8. The molecule has 1 unspecified atom stereocenters. The van der Waals surface area contributed by atoms with Gasteiger partial charge in [-0.25, -0.2) is 4.79 Å². The van der Waals surface area contributed by atoms with Gasteiger partial charge in [0.25, 0.3) is 5.91 Å². The third-order valence-corrected chi connectivity index (χ3v) is 3.14. The van der Waals surface area contributed by atoms with Crippen LogP contribution in [-0.4, -0.2) is 37.4 Å².